The molecule has 152 valence electrons. The minimum atomic E-state index is -0.639. The van der Waals surface area contributed by atoms with Gasteiger partial charge in [0.25, 0.3) is 11.8 Å². The van der Waals surface area contributed by atoms with Gasteiger partial charge in [-0.05, 0) is 61.0 Å². The van der Waals surface area contributed by atoms with Crippen molar-refractivity contribution in [1.82, 2.24) is 0 Å². The zero-order valence-electron chi connectivity index (χ0n) is 16.1. The van der Waals surface area contributed by atoms with Crippen molar-refractivity contribution < 1.29 is 18.7 Å². The number of hydrogen-bond donors (Lipinski definition) is 1. The Hall–Kier alpha value is -3.38. The Morgan fingerprint density at radius 2 is 1.87 bits per heavy atom. The predicted octanol–water partition coefficient (Wildman–Crippen LogP) is 5.05. The van der Waals surface area contributed by atoms with Gasteiger partial charge in [0.1, 0.15) is 11.6 Å². The lowest BCUT2D eigenvalue weighted by Crippen LogP contribution is -2.44. The number of ether oxygens (including phenoxy) is 1. The third-order valence-electron chi connectivity index (χ3n) is 4.82. The molecule has 4 rings (SSSR count). The first-order chi connectivity index (χ1) is 14.4. The molecule has 1 atom stereocenters. The van der Waals surface area contributed by atoms with Crippen molar-refractivity contribution in [2.24, 2.45) is 0 Å². The molecule has 0 fully saturated rings. The third-order valence-corrected chi connectivity index (χ3v) is 5.19. The lowest BCUT2D eigenvalue weighted by atomic mass is 10.1. The number of carbonyl (C=O) groups is 2. The number of hydrogen-bond acceptors (Lipinski definition) is 3. The minimum absolute atomic E-state index is 0.204. The van der Waals surface area contributed by atoms with Crippen molar-refractivity contribution in [3.05, 3.63) is 88.7 Å². The van der Waals surface area contributed by atoms with Gasteiger partial charge in [0.2, 0.25) is 0 Å². The smallest absolute Gasteiger partial charge is 0.268 e. The number of rotatable bonds is 4. The van der Waals surface area contributed by atoms with Gasteiger partial charge >= 0.3 is 0 Å². The van der Waals surface area contributed by atoms with E-state index in [0.717, 1.165) is 5.56 Å². The molecule has 1 unspecified atom stereocenters. The van der Waals surface area contributed by atoms with E-state index in [1.807, 2.05) is 18.2 Å². The standard InChI is InChI=1S/C23H18ClFN2O3/c1-14-23(29)27(13-16-4-2-3-5-19(16)24)20-12-18(10-11-21(20)30-14)26-22(28)15-6-8-17(25)9-7-15/h2-12,14H,13H2,1H3,(H,26,28). The molecule has 0 saturated heterocycles. The Labute approximate surface area is 178 Å². The van der Waals surface area contributed by atoms with Crippen LogP contribution in [-0.4, -0.2) is 17.9 Å². The molecule has 2 amide bonds. The Balaban J connectivity index is 1.64. The van der Waals surface area contributed by atoms with Crippen LogP contribution in [0.2, 0.25) is 5.02 Å². The van der Waals surface area contributed by atoms with Crippen LogP contribution >= 0.6 is 11.6 Å². The maximum atomic E-state index is 13.1. The summed E-state index contributed by atoms with van der Waals surface area (Å²) in [6.07, 6.45) is -0.639. The van der Waals surface area contributed by atoms with Gasteiger partial charge in [0.15, 0.2) is 6.10 Å². The fourth-order valence-corrected chi connectivity index (χ4v) is 3.44. The van der Waals surface area contributed by atoms with Crippen LogP contribution in [-0.2, 0) is 11.3 Å². The number of anilines is 2. The zero-order valence-corrected chi connectivity index (χ0v) is 16.8. The maximum Gasteiger partial charge on any atom is 0.268 e. The van der Waals surface area contributed by atoms with Gasteiger partial charge in [0.05, 0.1) is 12.2 Å². The molecule has 0 spiro atoms. The van der Waals surface area contributed by atoms with Crippen LogP contribution in [0.4, 0.5) is 15.8 Å². The highest BCUT2D eigenvalue weighted by Gasteiger charge is 2.32. The van der Waals surface area contributed by atoms with Crippen LogP contribution in [0.3, 0.4) is 0 Å². The highest BCUT2D eigenvalue weighted by atomic mass is 35.5. The molecule has 30 heavy (non-hydrogen) atoms. The van der Waals surface area contributed by atoms with Crippen molar-refractivity contribution in [1.29, 1.82) is 0 Å². The van der Waals surface area contributed by atoms with E-state index >= 15 is 0 Å². The highest BCUT2D eigenvalue weighted by Crippen LogP contribution is 2.38. The fraction of sp³-hybridized carbons (Fsp3) is 0.130. The average molecular weight is 425 g/mol. The number of amides is 2. The van der Waals surface area contributed by atoms with Crippen molar-refractivity contribution in [2.45, 2.75) is 19.6 Å². The van der Waals surface area contributed by atoms with Crippen molar-refractivity contribution >= 4 is 34.8 Å². The number of fused-ring (bicyclic) bond motifs is 1. The second-order valence-corrected chi connectivity index (χ2v) is 7.33. The monoisotopic (exact) mass is 424 g/mol. The molecule has 0 saturated carbocycles. The van der Waals surface area contributed by atoms with Crippen molar-refractivity contribution in [2.75, 3.05) is 10.2 Å². The first-order valence-electron chi connectivity index (χ1n) is 9.35. The lowest BCUT2D eigenvalue weighted by molar-refractivity contribution is -0.125. The number of benzene rings is 3. The molecular formula is C23H18ClFN2O3. The van der Waals surface area contributed by atoms with Crippen LogP contribution in [0.5, 0.6) is 5.75 Å². The van der Waals surface area contributed by atoms with Gasteiger partial charge in [-0.2, -0.15) is 0 Å². The van der Waals surface area contributed by atoms with E-state index in [-0.39, 0.29) is 18.4 Å². The summed E-state index contributed by atoms with van der Waals surface area (Å²) in [5, 5.41) is 3.33. The van der Waals surface area contributed by atoms with Gasteiger partial charge in [-0.25, -0.2) is 4.39 Å². The summed E-state index contributed by atoms with van der Waals surface area (Å²) >= 11 is 6.28. The van der Waals surface area contributed by atoms with Gasteiger partial charge < -0.3 is 15.0 Å². The molecule has 0 radical (unpaired) electrons. The SMILES string of the molecule is CC1Oc2ccc(NC(=O)c3ccc(F)cc3)cc2N(Cc2ccccc2Cl)C1=O. The molecule has 1 aliphatic heterocycles. The zero-order chi connectivity index (χ0) is 21.3. The van der Waals surface area contributed by atoms with Crippen LogP contribution in [0.25, 0.3) is 0 Å². The second kappa shape index (κ2) is 8.16. The maximum absolute atomic E-state index is 13.1. The van der Waals surface area contributed by atoms with Crippen molar-refractivity contribution in [3.63, 3.8) is 0 Å². The molecule has 1 heterocycles. The number of nitrogens with one attached hydrogen (secondary N) is 1. The predicted molar refractivity (Wildman–Crippen MR) is 114 cm³/mol. The Morgan fingerprint density at radius 1 is 1.13 bits per heavy atom. The summed E-state index contributed by atoms with van der Waals surface area (Å²) < 4.78 is 18.8. The third kappa shape index (κ3) is 4.00. The summed E-state index contributed by atoms with van der Waals surface area (Å²) in [6.45, 7) is 1.96. The van der Waals surface area contributed by atoms with E-state index in [1.54, 1.807) is 36.1 Å². The molecule has 0 bridgehead atoms. The topological polar surface area (TPSA) is 58.6 Å². The lowest BCUT2D eigenvalue weighted by Gasteiger charge is -2.33. The molecular weight excluding hydrogens is 407 g/mol. The van der Waals surface area contributed by atoms with Crippen LogP contribution < -0.4 is 15.0 Å². The fourth-order valence-electron chi connectivity index (χ4n) is 3.25. The number of carbonyl (C=O) groups excluding carboxylic acids is 2. The molecule has 0 aliphatic carbocycles. The summed E-state index contributed by atoms with van der Waals surface area (Å²) in [5.41, 5.74) is 2.14. The molecule has 3 aromatic rings. The van der Waals surface area contributed by atoms with Crippen molar-refractivity contribution in [3.8, 4) is 5.75 Å². The van der Waals surface area contributed by atoms with E-state index in [9.17, 15) is 14.0 Å². The Kier molecular flexibility index (Phi) is 5.42. The summed E-state index contributed by atoms with van der Waals surface area (Å²) in [6, 6.07) is 17.6. The molecule has 1 N–H and O–H groups in total. The molecule has 3 aromatic carbocycles. The van der Waals surface area contributed by atoms with Crippen LogP contribution in [0, 0.1) is 5.82 Å². The van der Waals surface area contributed by atoms with E-state index in [4.69, 9.17) is 16.3 Å². The quantitative estimate of drug-likeness (QED) is 0.638. The van der Waals surface area contributed by atoms with Gasteiger partial charge in [0, 0.05) is 16.3 Å². The molecule has 1 aliphatic rings. The van der Waals surface area contributed by atoms with Gasteiger partial charge in [-0.15, -0.1) is 0 Å². The largest absolute Gasteiger partial charge is 0.479 e. The summed E-state index contributed by atoms with van der Waals surface area (Å²) in [7, 11) is 0. The van der Waals surface area contributed by atoms with E-state index in [2.05, 4.69) is 5.32 Å². The number of nitrogens with zero attached hydrogens (tertiary/aromatic N) is 1. The average Bonchev–Trinajstić information content (AvgIpc) is 2.73. The molecule has 5 nitrogen and oxygen atoms in total. The summed E-state index contributed by atoms with van der Waals surface area (Å²) in [4.78, 5) is 26.9. The second-order valence-electron chi connectivity index (χ2n) is 6.92. The van der Waals surface area contributed by atoms with E-state index in [1.165, 1.54) is 24.3 Å². The van der Waals surface area contributed by atoms with Gasteiger partial charge in [-0.1, -0.05) is 29.8 Å². The highest BCUT2D eigenvalue weighted by molar-refractivity contribution is 6.31. The normalized spacial score (nSPS) is 15.4. The Morgan fingerprint density at radius 3 is 2.60 bits per heavy atom. The number of halogens is 2. The van der Waals surface area contributed by atoms with Crippen LogP contribution in [0.15, 0.2) is 66.7 Å². The first kappa shape index (κ1) is 19.9. The minimum Gasteiger partial charge on any atom is -0.479 e. The van der Waals surface area contributed by atoms with E-state index in [0.29, 0.717) is 27.7 Å². The molecule has 0 aromatic heterocycles. The first-order valence-corrected chi connectivity index (χ1v) is 9.72. The molecule has 7 heteroatoms. The Bertz CT molecular complexity index is 1120. The van der Waals surface area contributed by atoms with Crippen LogP contribution in [0.1, 0.15) is 22.8 Å². The summed E-state index contributed by atoms with van der Waals surface area (Å²) in [5.74, 6) is -0.470. The van der Waals surface area contributed by atoms with Gasteiger partial charge in [-0.3, -0.25) is 9.59 Å². The van der Waals surface area contributed by atoms with E-state index < -0.39 is 11.9 Å².